The number of nitrogens with one attached hydrogen (secondary N) is 1. The number of esters is 1. The van der Waals surface area contributed by atoms with E-state index >= 15 is 0 Å². The molecule has 1 aromatic rings. The van der Waals surface area contributed by atoms with Crippen LogP contribution in [0.4, 0.5) is 5.69 Å². The summed E-state index contributed by atoms with van der Waals surface area (Å²) in [6.45, 7) is 3.64. The summed E-state index contributed by atoms with van der Waals surface area (Å²) >= 11 is 0. The van der Waals surface area contributed by atoms with Gasteiger partial charge in [-0.2, -0.15) is 0 Å². The predicted octanol–water partition coefficient (Wildman–Crippen LogP) is 3.53. The lowest BCUT2D eigenvalue weighted by Gasteiger charge is -2.15. The van der Waals surface area contributed by atoms with E-state index < -0.39 is 23.2 Å². The van der Waals surface area contributed by atoms with Crippen LogP contribution in [0.3, 0.4) is 0 Å². The zero-order valence-electron chi connectivity index (χ0n) is 16.9. The van der Waals surface area contributed by atoms with E-state index in [2.05, 4.69) is 0 Å². The number of carbonyl (C=O) groups excluding carboxylic acids is 3. The molecule has 0 fully saturated rings. The SMILES string of the molecule is CCC(CCCC(C)C(=O)C(=N)C(=O)c1ccc(N(C)C)cc1)C(=O)OC. The quantitative estimate of drug-likeness (QED) is 0.277. The molecule has 1 N–H and O–H groups in total. The van der Waals surface area contributed by atoms with Gasteiger partial charge in [-0.1, -0.05) is 20.3 Å². The second-order valence-corrected chi connectivity index (χ2v) is 6.97. The van der Waals surface area contributed by atoms with Gasteiger partial charge in [0.1, 0.15) is 5.71 Å². The Morgan fingerprint density at radius 3 is 2.19 bits per heavy atom. The third kappa shape index (κ3) is 6.31. The smallest absolute Gasteiger partial charge is 0.308 e. The van der Waals surface area contributed by atoms with Crippen molar-refractivity contribution >= 4 is 28.9 Å². The number of methoxy groups -OCH3 is 1. The van der Waals surface area contributed by atoms with Crippen LogP contribution in [-0.4, -0.2) is 44.5 Å². The second-order valence-electron chi connectivity index (χ2n) is 6.97. The molecule has 0 aliphatic carbocycles. The third-order valence-corrected chi connectivity index (χ3v) is 4.78. The van der Waals surface area contributed by atoms with Gasteiger partial charge in [0.15, 0.2) is 5.78 Å². The monoisotopic (exact) mass is 374 g/mol. The number of nitrogens with zero attached hydrogens (tertiary/aromatic N) is 1. The average molecular weight is 374 g/mol. The molecule has 0 amide bonds. The molecule has 6 heteroatoms. The van der Waals surface area contributed by atoms with Crippen molar-refractivity contribution in [3.63, 3.8) is 0 Å². The van der Waals surface area contributed by atoms with Crippen LogP contribution in [0.25, 0.3) is 0 Å². The Hall–Kier alpha value is -2.50. The van der Waals surface area contributed by atoms with Gasteiger partial charge in [-0.25, -0.2) is 0 Å². The molecule has 0 saturated carbocycles. The van der Waals surface area contributed by atoms with Crippen LogP contribution >= 0.6 is 0 Å². The molecule has 0 spiro atoms. The van der Waals surface area contributed by atoms with Crippen molar-refractivity contribution in [2.75, 3.05) is 26.1 Å². The Bertz CT molecular complexity index is 680. The maximum atomic E-state index is 12.4. The molecule has 27 heavy (non-hydrogen) atoms. The number of rotatable bonds is 11. The fraction of sp³-hybridized carbons (Fsp3) is 0.524. The van der Waals surface area contributed by atoms with Crippen LogP contribution in [0.2, 0.25) is 0 Å². The maximum Gasteiger partial charge on any atom is 0.308 e. The van der Waals surface area contributed by atoms with Crippen molar-refractivity contribution in [2.24, 2.45) is 11.8 Å². The van der Waals surface area contributed by atoms with E-state index in [1.807, 2.05) is 25.9 Å². The average Bonchev–Trinajstić information content (AvgIpc) is 2.68. The molecule has 0 aliphatic heterocycles. The minimum absolute atomic E-state index is 0.173. The molecule has 0 aromatic heterocycles. The minimum Gasteiger partial charge on any atom is -0.469 e. The normalized spacial score (nSPS) is 12.8. The molecular weight excluding hydrogens is 344 g/mol. The molecule has 2 unspecified atom stereocenters. The molecule has 0 saturated heterocycles. The Morgan fingerprint density at radius 1 is 1.11 bits per heavy atom. The first-order valence-corrected chi connectivity index (χ1v) is 9.25. The van der Waals surface area contributed by atoms with Gasteiger partial charge in [0.05, 0.1) is 13.0 Å². The van der Waals surface area contributed by atoms with E-state index in [-0.39, 0.29) is 11.9 Å². The van der Waals surface area contributed by atoms with E-state index in [1.165, 1.54) is 7.11 Å². The topological polar surface area (TPSA) is 87.5 Å². The fourth-order valence-corrected chi connectivity index (χ4v) is 2.87. The van der Waals surface area contributed by atoms with E-state index in [9.17, 15) is 14.4 Å². The third-order valence-electron chi connectivity index (χ3n) is 4.78. The van der Waals surface area contributed by atoms with Gasteiger partial charge >= 0.3 is 5.97 Å². The van der Waals surface area contributed by atoms with Crippen molar-refractivity contribution in [1.82, 2.24) is 0 Å². The molecule has 0 heterocycles. The van der Waals surface area contributed by atoms with E-state index in [4.69, 9.17) is 10.1 Å². The molecule has 0 radical (unpaired) electrons. The minimum atomic E-state index is -0.557. The van der Waals surface area contributed by atoms with Crippen molar-refractivity contribution in [1.29, 1.82) is 5.41 Å². The first kappa shape index (κ1) is 22.5. The van der Waals surface area contributed by atoms with Gasteiger partial charge in [-0.15, -0.1) is 0 Å². The van der Waals surface area contributed by atoms with Gasteiger partial charge in [-0.3, -0.25) is 19.8 Å². The van der Waals surface area contributed by atoms with Gasteiger partial charge in [0.25, 0.3) is 0 Å². The maximum absolute atomic E-state index is 12.4. The van der Waals surface area contributed by atoms with Crippen LogP contribution < -0.4 is 4.90 Å². The van der Waals surface area contributed by atoms with Crippen molar-refractivity contribution in [2.45, 2.75) is 39.5 Å². The second kappa shape index (κ2) is 10.6. The predicted molar refractivity (Wildman–Crippen MR) is 107 cm³/mol. The van der Waals surface area contributed by atoms with Gasteiger partial charge in [-0.05, 0) is 43.5 Å². The van der Waals surface area contributed by atoms with Crippen LogP contribution in [-0.2, 0) is 14.3 Å². The highest BCUT2D eigenvalue weighted by Gasteiger charge is 2.25. The standard InChI is InChI=1S/C21H30N2O4/c1-6-15(21(26)27-5)9-7-8-14(2)19(24)18(22)20(25)16-10-12-17(13-11-16)23(3)4/h10-15,22H,6-9H2,1-5H3. The lowest BCUT2D eigenvalue weighted by Crippen LogP contribution is -2.28. The molecule has 148 valence electrons. The number of benzene rings is 1. The highest BCUT2D eigenvalue weighted by atomic mass is 16.5. The summed E-state index contributed by atoms with van der Waals surface area (Å²) in [4.78, 5) is 38.3. The number of hydrogen-bond acceptors (Lipinski definition) is 6. The summed E-state index contributed by atoms with van der Waals surface area (Å²) in [5.74, 6) is -1.85. The Morgan fingerprint density at radius 2 is 1.70 bits per heavy atom. The Labute approximate surface area is 161 Å². The highest BCUT2D eigenvalue weighted by molar-refractivity contribution is 6.68. The lowest BCUT2D eigenvalue weighted by atomic mass is 9.90. The van der Waals surface area contributed by atoms with Crippen molar-refractivity contribution in [3.8, 4) is 0 Å². The van der Waals surface area contributed by atoms with Crippen molar-refractivity contribution in [3.05, 3.63) is 29.8 Å². The first-order valence-electron chi connectivity index (χ1n) is 9.25. The van der Waals surface area contributed by atoms with Gasteiger partial charge < -0.3 is 9.64 Å². The first-order chi connectivity index (χ1) is 12.7. The molecule has 0 aliphatic rings. The fourth-order valence-electron chi connectivity index (χ4n) is 2.87. The Balaban J connectivity index is 2.62. The van der Waals surface area contributed by atoms with Crippen molar-refractivity contribution < 1.29 is 19.1 Å². The summed E-state index contributed by atoms with van der Waals surface area (Å²) in [5, 5.41) is 7.98. The summed E-state index contributed by atoms with van der Waals surface area (Å²) in [6.07, 6.45) is 2.52. The van der Waals surface area contributed by atoms with Gasteiger partial charge in [0.2, 0.25) is 5.78 Å². The zero-order chi connectivity index (χ0) is 20.6. The largest absolute Gasteiger partial charge is 0.469 e. The molecule has 2 atom stereocenters. The summed E-state index contributed by atoms with van der Waals surface area (Å²) in [6, 6.07) is 6.83. The molecular formula is C21H30N2O4. The number of Topliss-reactive ketones (excluding diaryl/α,β-unsaturated/α-hetero) is 2. The van der Waals surface area contributed by atoms with Crippen LogP contribution in [0, 0.1) is 17.2 Å². The number of ketones is 2. The molecule has 0 bridgehead atoms. The van der Waals surface area contributed by atoms with Crippen LogP contribution in [0.5, 0.6) is 0 Å². The zero-order valence-corrected chi connectivity index (χ0v) is 16.9. The summed E-state index contributed by atoms with van der Waals surface area (Å²) in [7, 11) is 5.16. The summed E-state index contributed by atoms with van der Waals surface area (Å²) in [5.41, 5.74) is 0.789. The number of hydrogen-bond donors (Lipinski definition) is 1. The molecule has 1 rings (SSSR count). The van der Waals surface area contributed by atoms with E-state index in [0.29, 0.717) is 31.2 Å². The number of ether oxygens (including phenoxy) is 1. The summed E-state index contributed by atoms with van der Waals surface area (Å²) < 4.78 is 4.76. The highest BCUT2D eigenvalue weighted by Crippen LogP contribution is 2.19. The van der Waals surface area contributed by atoms with Crippen LogP contribution in [0.15, 0.2) is 24.3 Å². The van der Waals surface area contributed by atoms with Crippen LogP contribution in [0.1, 0.15) is 49.9 Å². The van der Waals surface area contributed by atoms with Gasteiger partial charge in [0, 0.05) is 31.3 Å². The number of anilines is 1. The number of carbonyl (C=O) groups is 3. The lowest BCUT2D eigenvalue weighted by molar-refractivity contribution is -0.145. The van der Waals surface area contributed by atoms with E-state index in [1.54, 1.807) is 31.2 Å². The van der Waals surface area contributed by atoms with E-state index in [0.717, 1.165) is 5.69 Å². The molecule has 6 nitrogen and oxygen atoms in total. The molecule has 1 aromatic carbocycles. The Kier molecular flexibility index (Phi) is 8.85.